The van der Waals surface area contributed by atoms with E-state index < -0.39 is 0 Å². The first-order valence-electron chi connectivity index (χ1n) is 6.10. The highest BCUT2D eigenvalue weighted by atomic mass is 16.5. The Morgan fingerprint density at radius 1 is 1.33 bits per heavy atom. The van der Waals surface area contributed by atoms with Crippen LogP contribution in [-0.2, 0) is 4.74 Å². The van der Waals surface area contributed by atoms with Crippen molar-refractivity contribution in [2.75, 3.05) is 33.7 Å². The first-order valence-corrected chi connectivity index (χ1v) is 6.10. The van der Waals surface area contributed by atoms with E-state index in [9.17, 15) is 0 Å². The summed E-state index contributed by atoms with van der Waals surface area (Å²) in [7, 11) is 4.18. The minimum absolute atomic E-state index is 0.437. The van der Waals surface area contributed by atoms with Crippen LogP contribution in [0.25, 0.3) is 0 Å². The maximum absolute atomic E-state index is 5.95. The van der Waals surface area contributed by atoms with Crippen LogP contribution in [-0.4, -0.2) is 50.8 Å². The van der Waals surface area contributed by atoms with Crippen LogP contribution in [0.2, 0.25) is 0 Å². The monoisotopic (exact) mass is 214 g/mol. The second kappa shape index (κ2) is 6.46. The predicted molar refractivity (Wildman–Crippen MR) is 64.2 cm³/mol. The van der Waals surface area contributed by atoms with Crippen molar-refractivity contribution >= 4 is 0 Å². The number of hydrogen-bond acceptors (Lipinski definition) is 3. The van der Waals surface area contributed by atoms with Crippen molar-refractivity contribution in [3.8, 4) is 0 Å². The van der Waals surface area contributed by atoms with Gasteiger partial charge in [-0.25, -0.2) is 0 Å². The summed E-state index contributed by atoms with van der Waals surface area (Å²) in [6, 6.07) is 0. The third-order valence-electron chi connectivity index (χ3n) is 2.82. The summed E-state index contributed by atoms with van der Waals surface area (Å²) in [5.41, 5.74) is 0. The van der Waals surface area contributed by atoms with Crippen LogP contribution in [0.1, 0.15) is 26.7 Å². The van der Waals surface area contributed by atoms with Crippen LogP contribution >= 0.6 is 0 Å². The molecule has 15 heavy (non-hydrogen) atoms. The topological polar surface area (TPSA) is 24.5 Å². The van der Waals surface area contributed by atoms with Crippen LogP contribution in [0, 0.1) is 5.92 Å². The first kappa shape index (κ1) is 12.9. The molecule has 3 nitrogen and oxygen atoms in total. The molecule has 0 aromatic heterocycles. The third kappa shape index (κ3) is 4.96. The number of hydrogen-bond donors (Lipinski definition) is 1. The van der Waals surface area contributed by atoms with Gasteiger partial charge in [0, 0.05) is 19.6 Å². The highest BCUT2D eigenvalue weighted by Crippen LogP contribution is 2.19. The molecule has 1 fully saturated rings. The summed E-state index contributed by atoms with van der Waals surface area (Å²) in [5, 5.41) is 3.18. The molecule has 1 rings (SSSR count). The zero-order valence-corrected chi connectivity index (χ0v) is 10.6. The van der Waals surface area contributed by atoms with Gasteiger partial charge in [0.1, 0.15) is 0 Å². The minimum atomic E-state index is 0.437. The number of ether oxygens (including phenoxy) is 1. The zero-order valence-electron chi connectivity index (χ0n) is 10.6. The average molecular weight is 214 g/mol. The zero-order chi connectivity index (χ0) is 11.3. The van der Waals surface area contributed by atoms with Crippen molar-refractivity contribution in [3.63, 3.8) is 0 Å². The van der Waals surface area contributed by atoms with Crippen molar-refractivity contribution in [3.05, 3.63) is 0 Å². The summed E-state index contributed by atoms with van der Waals surface area (Å²) < 4.78 is 5.95. The van der Waals surface area contributed by atoms with Crippen molar-refractivity contribution in [1.29, 1.82) is 0 Å². The molecule has 0 radical (unpaired) electrons. The van der Waals surface area contributed by atoms with Gasteiger partial charge < -0.3 is 15.0 Å². The van der Waals surface area contributed by atoms with Gasteiger partial charge in [0.2, 0.25) is 0 Å². The number of likely N-dealkylation sites (N-methyl/N-ethyl adjacent to an activating group) is 2. The molecule has 2 atom stereocenters. The normalized spacial score (nSPS) is 26.8. The Morgan fingerprint density at radius 3 is 2.60 bits per heavy atom. The second-order valence-corrected chi connectivity index (χ2v) is 5.13. The lowest BCUT2D eigenvalue weighted by atomic mass is 10.1. The van der Waals surface area contributed by atoms with Gasteiger partial charge in [-0.1, -0.05) is 13.8 Å². The molecule has 0 aromatic carbocycles. The highest BCUT2D eigenvalue weighted by Gasteiger charge is 2.25. The van der Waals surface area contributed by atoms with Gasteiger partial charge in [-0.3, -0.25) is 0 Å². The average Bonchev–Trinajstić information content (AvgIpc) is 2.51. The molecular formula is C12H26N2O. The molecule has 3 heteroatoms. The van der Waals surface area contributed by atoms with Crippen molar-refractivity contribution < 1.29 is 4.74 Å². The standard InChI is InChI=1S/C12H26N2O/c1-10(2)8-14(4)9-12-6-5-11(15-12)7-13-3/h10-13H,5-9H2,1-4H3. The van der Waals surface area contributed by atoms with E-state index in [0.717, 1.165) is 25.6 Å². The molecule has 0 bridgehead atoms. The van der Waals surface area contributed by atoms with E-state index in [2.05, 4.69) is 31.1 Å². The first-order chi connectivity index (χ1) is 7.11. The Morgan fingerprint density at radius 2 is 2.00 bits per heavy atom. The van der Waals surface area contributed by atoms with Gasteiger partial charge in [0.05, 0.1) is 12.2 Å². The lowest BCUT2D eigenvalue weighted by Crippen LogP contribution is -2.33. The Kier molecular flexibility index (Phi) is 5.58. The van der Waals surface area contributed by atoms with E-state index in [4.69, 9.17) is 4.74 Å². The van der Waals surface area contributed by atoms with Crippen LogP contribution in [0.4, 0.5) is 0 Å². The van der Waals surface area contributed by atoms with E-state index in [-0.39, 0.29) is 0 Å². The number of nitrogens with zero attached hydrogens (tertiary/aromatic N) is 1. The van der Waals surface area contributed by atoms with Crippen LogP contribution in [0.3, 0.4) is 0 Å². The molecule has 1 saturated heterocycles. The summed E-state index contributed by atoms with van der Waals surface area (Å²) >= 11 is 0. The molecule has 90 valence electrons. The molecule has 1 N–H and O–H groups in total. The quantitative estimate of drug-likeness (QED) is 0.722. The predicted octanol–water partition coefficient (Wildman–Crippen LogP) is 1.34. The molecule has 0 saturated carbocycles. The fourth-order valence-electron chi connectivity index (χ4n) is 2.34. The van der Waals surface area contributed by atoms with E-state index in [0.29, 0.717) is 12.2 Å². The Balaban J connectivity index is 2.17. The SMILES string of the molecule is CNCC1CCC(CN(C)CC(C)C)O1. The van der Waals surface area contributed by atoms with Crippen LogP contribution < -0.4 is 5.32 Å². The van der Waals surface area contributed by atoms with Crippen molar-refractivity contribution in [2.24, 2.45) is 5.92 Å². The van der Waals surface area contributed by atoms with E-state index in [1.807, 2.05) is 7.05 Å². The van der Waals surface area contributed by atoms with E-state index >= 15 is 0 Å². The summed E-state index contributed by atoms with van der Waals surface area (Å²) in [6.45, 7) is 7.75. The Labute approximate surface area is 94.2 Å². The van der Waals surface area contributed by atoms with Gasteiger partial charge >= 0.3 is 0 Å². The fourth-order valence-corrected chi connectivity index (χ4v) is 2.34. The van der Waals surface area contributed by atoms with Gasteiger partial charge in [0.25, 0.3) is 0 Å². The van der Waals surface area contributed by atoms with Gasteiger partial charge in [-0.15, -0.1) is 0 Å². The second-order valence-electron chi connectivity index (χ2n) is 5.13. The minimum Gasteiger partial charge on any atom is -0.372 e. The summed E-state index contributed by atoms with van der Waals surface area (Å²) in [4.78, 5) is 2.39. The van der Waals surface area contributed by atoms with Crippen LogP contribution in [0.5, 0.6) is 0 Å². The molecule has 1 aliphatic rings. The Hall–Kier alpha value is -0.120. The van der Waals surface area contributed by atoms with Crippen LogP contribution in [0.15, 0.2) is 0 Å². The third-order valence-corrected chi connectivity index (χ3v) is 2.82. The summed E-state index contributed by atoms with van der Waals surface area (Å²) in [6.07, 6.45) is 3.31. The fraction of sp³-hybridized carbons (Fsp3) is 1.00. The molecule has 1 heterocycles. The lowest BCUT2D eigenvalue weighted by Gasteiger charge is -2.22. The molecular weight excluding hydrogens is 188 g/mol. The number of nitrogens with one attached hydrogen (secondary N) is 1. The maximum Gasteiger partial charge on any atom is 0.0707 e. The number of rotatable bonds is 6. The summed E-state index contributed by atoms with van der Waals surface area (Å²) in [5.74, 6) is 0.740. The van der Waals surface area contributed by atoms with E-state index in [1.165, 1.54) is 12.8 Å². The highest BCUT2D eigenvalue weighted by molar-refractivity contribution is 4.77. The van der Waals surface area contributed by atoms with E-state index in [1.54, 1.807) is 0 Å². The molecule has 1 aliphatic heterocycles. The van der Waals surface area contributed by atoms with Crippen molar-refractivity contribution in [2.45, 2.75) is 38.9 Å². The van der Waals surface area contributed by atoms with Gasteiger partial charge in [-0.2, -0.15) is 0 Å². The Bertz CT molecular complexity index is 173. The largest absolute Gasteiger partial charge is 0.372 e. The molecule has 0 aromatic rings. The van der Waals surface area contributed by atoms with Crippen molar-refractivity contribution in [1.82, 2.24) is 10.2 Å². The smallest absolute Gasteiger partial charge is 0.0707 e. The molecule has 0 spiro atoms. The molecule has 0 aliphatic carbocycles. The molecule has 2 unspecified atom stereocenters. The lowest BCUT2D eigenvalue weighted by molar-refractivity contribution is 0.0272. The van der Waals surface area contributed by atoms with Gasteiger partial charge in [0.15, 0.2) is 0 Å². The van der Waals surface area contributed by atoms with Gasteiger partial charge in [-0.05, 0) is 32.9 Å². The maximum atomic E-state index is 5.95. The molecule has 0 amide bonds.